The van der Waals surface area contributed by atoms with Gasteiger partial charge in [-0.2, -0.15) is 0 Å². The average Bonchev–Trinajstić information content (AvgIpc) is 2.70. The van der Waals surface area contributed by atoms with Gasteiger partial charge in [0.1, 0.15) is 5.54 Å². The average molecular weight is 213 g/mol. The number of unbranched alkanes of at least 4 members (excludes halogenated alkanes) is 2. The van der Waals surface area contributed by atoms with Gasteiger partial charge in [-0.25, -0.2) is 0 Å². The van der Waals surface area contributed by atoms with Crippen LogP contribution in [0.5, 0.6) is 0 Å². The molecule has 0 aromatic heterocycles. The Morgan fingerprint density at radius 2 is 1.93 bits per heavy atom. The summed E-state index contributed by atoms with van der Waals surface area (Å²) in [5, 5.41) is 9.35. The van der Waals surface area contributed by atoms with Gasteiger partial charge in [-0.3, -0.25) is 9.69 Å². The molecule has 0 bridgehead atoms. The number of nitrogens with zero attached hydrogens (tertiary/aromatic N) is 1. The molecule has 3 heteroatoms. The topological polar surface area (TPSA) is 40.5 Å². The van der Waals surface area contributed by atoms with Gasteiger partial charge in [-0.15, -0.1) is 0 Å². The number of hydrogen-bond acceptors (Lipinski definition) is 2. The molecule has 1 saturated heterocycles. The van der Waals surface area contributed by atoms with Crippen molar-refractivity contribution >= 4 is 5.97 Å². The van der Waals surface area contributed by atoms with Gasteiger partial charge in [-0.1, -0.05) is 26.2 Å². The molecular formula is C12H23NO2. The molecule has 1 unspecified atom stereocenters. The van der Waals surface area contributed by atoms with E-state index in [9.17, 15) is 9.90 Å². The third-order valence-corrected chi connectivity index (χ3v) is 3.53. The molecular weight excluding hydrogens is 190 g/mol. The van der Waals surface area contributed by atoms with Crippen molar-refractivity contribution < 1.29 is 9.90 Å². The maximum absolute atomic E-state index is 11.4. The molecule has 0 radical (unpaired) electrons. The van der Waals surface area contributed by atoms with E-state index in [0.29, 0.717) is 0 Å². The first-order valence-corrected chi connectivity index (χ1v) is 6.09. The lowest BCUT2D eigenvalue weighted by atomic mass is 9.92. The lowest BCUT2D eigenvalue weighted by Crippen LogP contribution is -2.51. The van der Waals surface area contributed by atoms with Crippen LogP contribution in [-0.2, 0) is 4.79 Å². The van der Waals surface area contributed by atoms with Gasteiger partial charge in [0.15, 0.2) is 0 Å². The summed E-state index contributed by atoms with van der Waals surface area (Å²) in [5.41, 5.74) is -0.619. The van der Waals surface area contributed by atoms with E-state index < -0.39 is 11.5 Å². The van der Waals surface area contributed by atoms with E-state index in [2.05, 4.69) is 11.8 Å². The smallest absolute Gasteiger partial charge is 0.323 e. The molecule has 0 amide bonds. The molecule has 88 valence electrons. The summed E-state index contributed by atoms with van der Waals surface area (Å²) >= 11 is 0. The highest BCUT2D eigenvalue weighted by Gasteiger charge is 2.39. The summed E-state index contributed by atoms with van der Waals surface area (Å²) in [6.07, 6.45) is 6.39. The highest BCUT2D eigenvalue weighted by Crippen LogP contribution is 2.27. The molecule has 1 N–H and O–H groups in total. The van der Waals surface area contributed by atoms with E-state index in [0.717, 1.165) is 51.6 Å². The molecule has 3 nitrogen and oxygen atoms in total. The number of carboxylic acid groups (broad SMARTS) is 1. The molecule has 15 heavy (non-hydrogen) atoms. The second-order valence-corrected chi connectivity index (χ2v) is 4.73. The number of carbonyl (C=O) groups is 1. The summed E-state index contributed by atoms with van der Waals surface area (Å²) in [6.45, 7) is 5.94. The zero-order chi connectivity index (χ0) is 11.3. The summed E-state index contributed by atoms with van der Waals surface area (Å²) < 4.78 is 0. The Hall–Kier alpha value is -0.570. The minimum Gasteiger partial charge on any atom is -0.480 e. The number of carboxylic acids is 1. The third kappa shape index (κ3) is 2.94. The Kier molecular flexibility index (Phi) is 4.58. The predicted octanol–water partition coefficient (Wildman–Crippen LogP) is 2.51. The summed E-state index contributed by atoms with van der Waals surface area (Å²) in [4.78, 5) is 13.5. The predicted molar refractivity (Wildman–Crippen MR) is 61.0 cm³/mol. The number of rotatable bonds is 6. The van der Waals surface area contributed by atoms with Gasteiger partial charge in [-0.05, 0) is 39.3 Å². The van der Waals surface area contributed by atoms with E-state index in [1.54, 1.807) is 0 Å². The Bertz CT molecular complexity index is 212. The second-order valence-electron chi connectivity index (χ2n) is 4.73. The molecule has 0 aromatic carbocycles. The molecule has 0 aromatic rings. The third-order valence-electron chi connectivity index (χ3n) is 3.53. The molecule has 1 atom stereocenters. The van der Waals surface area contributed by atoms with Crippen molar-refractivity contribution in [1.29, 1.82) is 0 Å². The van der Waals surface area contributed by atoms with Crippen LogP contribution in [-0.4, -0.2) is 34.6 Å². The van der Waals surface area contributed by atoms with Crippen LogP contribution in [0.2, 0.25) is 0 Å². The number of hydrogen-bond donors (Lipinski definition) is 1. The van der Waals surface area contributed by atoms with Crippen LogP contribution >= 0.6 is 0 Å². The minimum absolute atomic E-state index is 0.619. The van der Waals surface area contributed by atoms with E-state index in [-0.39, 0.29) is 0 Å². The lowest BCUT2D eigenvalue weighted by Gasteiger charge is -2.34. The van der Waals surface area contributed by atoms with Crippen LogP contribution in [0.25, 0.3) is 0 Å². The van der Waals surface area contributed by atoms with E-state index in [4.69, 9.17) is 0 Å². The van der Waals surface area contributed by atoms with E-state index in [1.807, 2.05) is 6.92 Å². The lowest BCUT2D eigenvalue weighted by molar-refractivity contribution is -0.150. The van der Waals surface area contributed by atoms with Crippen molar-refractivity contribution in [2.24, 2.45) is 0 Å². The summed E-state index contributed by atoms with van der Waals surface area (Å²) in [6, 6.07) is 0. The summed E-state index contributed by atoms with van der Waals surface area (Å²) in [5.74, 6) is -0.652. The molecule has 1 rings (SSSR count). The fraction of sp³-hybridized carbons (Fsp3) is 0.917. The van der Waals surface area contributed by atoms with Crippen LogP contribution in [0.15, 0.2) is 0 Å². The van der Waals surface area contributed by atoms with Crippen molar-refractivity contribution in [3.05, 3.63) is 0 Å². The molecule has 1 heterocycles. The highest BCUT2D eigenvalue weighted by atomic mass is 16.4. The first-order chi connectivity index (χ1) is 7.11. The molecule has 0 saturated carbocycles. The standard InChI is InChI=1S/C12H23NO2/c1-3-4-5-8-12(2,11(14)15)13-9-6-7-10-13/h3-10H2,1-2H3,(H,14,15). The van der Waals surface area contributed by atoms with Crippen LogP contribution in [0.4, 0.5) is 0 Å². The molecule has 0 spiro atoms. The zero-order valence-electron chi connectivity index (χ0n) is 9.96. The van der Waals surface area contributed by atoms with Crippen molar-refractivity contribution in [3.8, 4) is 0 Å². The molecule has 0 aliphatic carbocycles. The van der Waals surface area contributed by atoms with Crippen molar-refractivity contribution in [3.63, 3.8) is 0 Å². The quantitative estimate of drug-likeness (QED) is 0.689. The maximum Gasteiger partial charge on any atom is 0.323 e. The van der Waals surface area contributed by atoms with Crippen LogP contribution in [0.1, 0.15) is 52.4 Å². The first kappa shape index (κ1) is 12.5. The normalized spacial score (nSPS) is 21.5. The molecule has 1 fully saturated rings. The monoisotopic (exact) mass is 213 g/mol. The molecule has 1 aliphatic heterocycles. The van der Waals surface area contributed by atoms with Crippen LogP contribution in [0, 0.1) is 0 Å². The summed E-state index contributed by atoms with van der Waals surface area (Å²) in [7, 11) is 0. The van der Waals surface area contributed by atoms with Gasteiger partial charge in [0, 0.05) is 0 Å². The van der Waals surface area contributed by atoms with E-state index in [1.165, 1.54) is 0 Å². The van der Waals surface area contributed by atoms with Crippen LogP contribution in [0.3, 0.4) is 0 Å². The van der Waals surface area contributed by atoms with E-state index >= 15 is 0 Å². The Labute approximate surface area is 92.5 Å². The number of likely N-dealkylation sites (tertiary alicyclic amines) is 1. The second kappa shape index (κ2) is 5.50. The van der Waals surface area contributed by atoms with Gasteiger partial charge in [0.05, 0.1) is 0 Å². The highest BCUT2D eigenvalue weighted by molar-refractivity contribution is 5.78. The van der Waals surface area contributed by atoms with Gasteiger partial charge in [0.2, 0.25) is 0 Å². The SMILES string of the molecule is CCCCCC(C)(C(=O)O)N1CCCC1. The zero-order valence-corrected chi connectivity index (χ0v) is 9.96. The van der Waals surface area contributed by atoms with Crippen molar-refractivity contribution in [2.45, 2.75) is 57.9 Å². The fourth-order valence-corrected chi connectivity index (χ4v) is 2.33. The Morgan fingerprint density at radius 3 is 2.40 bits per heavy atom. The Balaban J connectivity index is 2.56. The van der Waals surface area contributed by atoms with Gasteiger partial charge in [0.25, 0.3) is 0 Å². The van der Waals surface area contributed by atoms with Gasteiger partial charge >= 0.3 is 5.97 Å². The van der Waals surface area contributed by atoms with Crippen LogP contribution < -0.4 is 0 Å². The van der Waals surface area contributed by atoms with Gasteiger partial charge < -0.3 is 5.11 Å². The largest absolute Gasteiger partial charge is 0.480 e. The fourth-order valence-electron chi connectivity index (χ4n) is 2.33. The number of aliphatic carboxylic acids is 1. The van der Waals surface area contributed by atoms with Crippen molar-refractivity contribution in [2.75, 3.05) is 13.1 Å². The first-order valence-electron chi connectivity index (χ1n) is 6.09. The maximum atomic E-state index is 11.4. The minimum atomic E-state index is -0.652. The van der Waals surface area contributed by atoms with Crippen molar-refractivity contribution in [1.82, 2.24) is 4.90 Å². The molecule has 1 aliphatic rings. The Morgan fingerprint density at radius 1 is 1.33 bits per heavy atom.